The second-order valence-corrected chi connectivity index (χ2v) is 6.47. The molecule has 1 amide bonds. The molecule has 21 heavy (non-hydrogen) atoms. The third kappa shape index (κ3) is 3.95. The van der Waals surface area contributed by atoms with E-state index in [9.17, 15) is 9.59 Å². The number of hydrogen-bond acceptors (Lipinski definition) is 4. The first-order valence-electron chi connectivity index (χ1n) is 7.64. The summed E-state index contributed by atoms with van der Waals surface area (Å²) in [5.74, 6) is -2.03. The Bertz CT molecular complexity index is 390. The number of carbonyl (C=O) groups excluding carboxylic acids is 1. The molecule has 2 aliphatic rings. The molecule has 3 atom stereocenters. The molecule has 0 bridgehead atoms. The van der Waals surface area contributed by atoms with Crippen molar-refractivity contribution in [3.8, 4) is 0 Å². The number of carboxylic acids is 1. The van der Waals surface area contributed by atoms with Crippen LogP contribution in [0.25, 0.3) is 0 Å². The van der Waals surface area contributed by atoms with E-state index in [1.807, 2.05) is 13.8 Å². The van der Waals surface area contributed by atoms with Crippen molar-refractivity contribution in [1.29, 1.82) is 0 Å². The molecule has 0 aromatic carbocycles. The molecule has 1 aliphatic heterocycles. The molecule has 0 spiro atoms. The van der Waals surface area contributed by atoms with Crippen molar-refractivity contribution in [2.75, 3.05) is 26.4 Å². The third-order valence-corrected chi connectivity index (χ3v) is 4.47. The summed E-state index contributed by atoms with van der Waals surface area (Å²) in [4.78, 5) is 23.0. The molecule has 120 valence electrons. The Hall–Kier alpha value is -1.14. The van der Waals surface area contributed by atoms with Gasteiger partial charge in [-0.05, 0) is 24.7 Å². The molecule has 2 rings (SSSR count). The fourth-order valence-electron chi connectivity index (χ4n) is 3.07. The van der Waals surface area contributed by atoms with E-state index in [-0.39, 0.29) is 12.0 Å². The second-order valence-electron chi connectivity index (χ2n) is 6.47. The minimum absolute atomic E-state index is 0.161. The van der Waals surface area contributed by atoms with Crippen LogP contribution in [0.15, 0.2) is 0 Å². The molecule has 6 nitrogen and oxygen atoms in total. The van der Waals surface area contributed by atoms with Crippen LogP contribution in [0.2, 0.25) is 0 Å². The fraction of sp³-hybridized carbons (Fsp3) is 0.867. The monoisotopic (exact) mass is 299 g/mol. The van der Waals surface area contributed by atoms with Crippen molar-refractivity contribution < 1.29 is 24.2 Å². The molecule has 1 saturated carbocycles. The number of aliphatic carboxylic acids is 1. The van der Waals surface area contributed by atoms with Gasteiger partial charge in [0.15, 0.2) is 0 Å². The molecule has 0 aromatic rings. The number of rotatable bonds is 8. The van der Waals surface area contributed by atoms with Gasteiger partial charge in [-0.15, -0.1) is 0 Å². The van der Waals surface area contributed by atoms with E-state index in [1.165, 1.54) is 0 Å². The molecule has 0 radical (unpaired) electrons. The van der Waals surface area contributed by atoms with E-state index in [1.54, 1.807) is 0 Å². The zero-order valence-electron chi connectivity index (χ0n) is 12.8. The van der Waals surface area contributed by atoms with Crippen molar-refractivity contribution in [2.45, 2.75) is 39.2 Å². The van der Waals surface area contributed by atoms with E-state index >= 15 is 0 Å². The van der Waals surface area contributed by atoms with Gasteiger partial charge >= 0.3 is 5.97 Å². The first-order valence-corrected chi connectivity index (χ1v) is 7.64. The Balaban J connectivity index is 1.54. The lowest BCUT2D eigenvalue weighted by Gasteiger charge is -2.10. The highest BCUT2D eigenvalue weighted by atomic mass is 16.5. The number of carbonyl (C=O) groups is 2. The summed E-state index contributed by atoms with van der Waals surface area (Å²) in [6, 6.07) is 0. The fourth-order valence-corrected chi connectivity index (χ4v) is 3.07. The van der Waals surface area contributed by atoms with Crippen LogP contribution in [0.1, 0.15) is 33.1 Å². The van der Waals surface area contributed by atoms with Gasteiger partial charge in [-0.2, -0.15) is 0 Å². The maximum atomic E-state index is 11.9. The Morgan fingerprint density at radius 1 is 1.38 bits per heavy atom. The third-order valence-electron chi connectivity index (χ3n) is 4.47. The van der Waals surface area contributed by atoms with Gasteiger partial charge in [-0.25, -0.2) is 0 Å². The topological polar surface area (TPSA) is 84.9 Å². The van der Waals surface area contributed by atoms with Crippen LogP contribution in [-0.4, -0.2) is 49.5 Å². The van der Waals surface area contributed by atoms with Gasteiger partial charge < -0.3 is 19.9 Å². The van der Waals surface area contributed by atoms with Crippen molar-refractivity contribution in [3.05, 3.63) is 0 Å². The van der Waals surface area contributed by atoms with Crippen LogP contribution >= 0.6 is 0 Å². The average molecular weight is 299 g/mol. The van der Waals surface area contributed by atoms with Crippen molar-refractivity contribution in [2.24, 2.45) is 17.3 Å². The minimum Gasteiger partial charge on any atom is -0.481 e. The number of ether oxygens (including phenoxy) is 2. The molecule has 6 heteroatoms. The lowest BCUT2D eigenvalue weighted by molar-refractivity contribution is -0.140. The SMILES string of the molecule is CC1(C)[C@H](C(=O)O)[C@@H]1C(=O)NCCCOCC1CCCO1. The van der Waals surface area contributed by atoms with Crippen molar-refractivity contribution in [1.82, 2.24) is 5.32 Å². The molecule has 2 fully saturated rings. The van der Waals surface area contributed by atoms with E-state index in [2.05, 4.69) is 5.32 Å². The molecule has 0 aromatic heterocycles. The van der Waals surface area contributed by atoms with Crippen LogP contribution in [0.3, 0.4) is 0 Å². The van der Waals surface area contributed by atoms with Gasteiger partial charge in [0, 0.05) is 19.8 Å². The van der Waals surface area contributed by atoms with E-state index < -0.39 is 23.2 Å². The summed E-state index contributed by atoms with van der Waals surface area (Å²) >= 11 is 0. The molecule has 2 N–H and O–H groups in total. The number of amides is 1. The predicted octanol–water partition coefficient (Wildman–Crippen LogP) is 1.05. The maximum absolute atomic E-state index is 11.9. The first-order chi connectivity index (χ1) is 9.94. The number of nitrogens with one attached hydrogen (secondary N) is 1. The first kappa shape index (κ1) is 16.2. The standard InChI is InChI=1S/C15H25NO5/c1-15(2)11(12(15)14(18)19)13(17)16-6-4-7-20-9-10-5-3-8-21-10/h10-12H,3-9H2,1-2H3,(H,16,17)(H,18,19)/t10?,11-,12+/m1/s1. The highest BCUT2D eigenvalue weighted by Crippen LogP contribution is 2.58. The lowest BCUT2D eigenvalue weighted by atomic mass is 10.1. The maximum Gasteiger partial charge on any atom is 0.307 e. The summed E-state index contributed by atoms with van der Waals surface area (Å²) in [5, 5.41) is 11.8. The van der Waals surface area contributed by atoms with Crippen LogP contribution < -0.4 is 5.32 Å². The highest BCUT2D eigenvalue weighted by molar-refractivity contribution is 5.91. The Labute approximate surface area is 125 Å². The Morgan fingerprint density at radius 2 is 2.14 bits per heavy atom. The molecule has 1 aliphatic carbocycles. The zero-order valence-corrected chi connectivity index (χ0v) is 12.8. The van der Waals surface area contributed by atoms with Crippen LogP contribution in [0.4, 0.5) is 0 Å². The van der Waals surface area contributed by atoms with Crippen molar-refractivity contribution >= 4 is 11.9 Å². The smallest absolute Gasteiger partial charge is 0.307 e. The Morgan fingerprint density at radius 3 is 2.71 bits per heavy atom. The van der Waals surface area contributed by atoms with Crippen molar-refractivity contribution in [3.63, 3.8) is 0 Å². The molecule has 1 unspecified atom stereocenters. The number of hydrogen-bond donors (Lipinski definition) is 2. The van der Waals surface area contributed by atoms with Gasteiger partial charge in [0.05, 0.1) is 24.5 Å². The summed E-state index contributed by atoms with van der Waals surface area (Å²) in [6.45, 7) is 6.18. The van der Waals surface area contributed by atoms with E-state index in [0.717, 1.165) is 25.9 Å². The summed E-state index contributed by atoms with van der Waals surface area (Å²) in [7, 11) is 0. The highest BCUT2D eigenvalue weighted by Gasteiger charge is 2.65. The molecule has 1 heterocycles. The Kier molecular flexibility index (Phi) is 5.22. The van der Waals surface area contributed by atoms with E-state index in [0.29, 0.717) is 19.8 Å². The summed E-state index contributed by atoms with van der Waals surface area (Å²) in [6.07, 6.45) is 3.11. The van der Waals surface area contributed by atoms with E-state index in [4.69, 9.17) is 14.6 Å². The lowest BCUT2D eigenvalue weighted by Crippen LogP contribution is -2.29. The average Bonchev–Trinajstić information content (AvgIpc) is 2.76. The van der Waals surface area contributed by atoms with Gasteiger partial charge in [0.2, 0.25) is 5.91 Å². The molecular weight excluding hydrogens is 274 g/mol. The largest absolute Gasteiger partial charge is 0.481 e. The molecule has 1 saturated heterocycles. The van der Waals surface area contributed by atoms with Crippen LogP contribution in [-0.2, 0) is 19.1 Å². The zero-order chi connectivity index (χ0) is 15.5. The second kappa shape index (κ2) is 6.75. The van der Waals surface area contributed by atoms with Gasteiger partial charge in [-0.1, -0.05) is 13.8 Å². The summed E-state index contributed by atoms with van der Waals surface area (Å²) in [5.41, 5.74) is -0.438. The van der Waals surface area contributed by atoms with Crippen LogP contribution in [0.5, 0.6) is 0 Å². The van der Waals surface area contributed by atoms with Gasteiger partial charge in [0.25, 0.3) is 0 Å². The molecular formula is C15H25NO5. The summed E-state index contributed by atoms with van der Waals surface area (Å²) < 4.78 is 10.9. The predicted molar refractivity (Wildman–Crippen MR) is 75.8 cm³/mol. The van der Waals surface area contributed by atoms with Crippen LogP contribution in [0, 0.1) is 17.3 Å². The number of carboxylic acid groups (broad SMARTS) is 1. The normalized spacial score (nSPS) is 30.1. The quantitative estimate of drug-likeness (QED) is 0.654. The minimum atomic E-state index is -0.889. The van der Waals surface area contributed by atoms with Gasteiger partial charge in [0.1, 0.15) is 0 Å². The van der Waals surface area contributed by atoms with Gasteiger partial charge in [-0.3, -0.25) is 9.59 Å².